The first-order valence-electron chi connectivity index (χ1n) is 14.6. The molecule has 0 fully saturated rings. The van der Waals surface area contributed by atoms with E-state index in [1.165, 1.54) is 7.05 Å². The van der Waals surface area contributed by atoms with Crippen LogP contribution in [0.4, 0.5) is 5.69 Å². The first-order valence-corrected chi connectivity index (χ1v) is 14.6. The molecule has 2 heterocycles. The molecule has 0 saturated heterocycles. The molecule has 2 N–H and O–H groups in total. The van der Waals surface area contributed by atoms with Gasteiger partial charge in [0.15, 0.2) is 5.78 Å². The lowest BCUT2D eigenvalue weighted by Gasteiger charge is -2.34. The topological polar surface area (TPSA) is 138 Å². The van der Waals surface area contributed by atoms with Crippen molar-refractivity contribution in [1.29, 1.82) is 5.41 Å². The van der Waals surface area contributed by atoms with Crippen molar-refractivity contribution in [2.24, 2.45) is 0 Å². The Labute approximate surface area is 268 Å². The monoisotopic (exact) mass is 672 g/mol. The fourth-order valence-electron chi connectivity index (χ4n) is 5.29. The van der Waals surface area contributed by atoms with Gasteiger partial charge in [-0.1, -0.05) is 20.8 Å². The second-order valence-corrected chi connectivity index (χ2v) is 11.5. The molecule has 0 saturated carbocycles. The molecule has 0 atom stereocenters. The lowest BCUT2D eigenvalue weighted by molar-refractivity contribution is -0.144. The van der Waals surface area contributed by atoms with Gasteiger partial charge in [-0.15, -0.1) is 17.0 Å². The number of hydrogen-bond donors (Lipinski definition) is 2. The number of ketones is 1. The molecule has 0 aliphatic carbocycles. The summed E-state index contributed by atoms with van der Waals surface area (Å²) in [7, 11) is 1.53. The molecule has 11 nitrogen and oxygen atoms in total. The van der Waals surface area contributed by atoms with Crippen molar-refractivity contribution in [3.05, 3.63) is 52.1 Å². The van der Waals surface area contributed by atoms with Crippen molar-refractivity contribution in [2.45, 2.75) is 59.4 Å². The largest absolute Gasteiger partial charge is 0.493 e. The summed E-state index contributed by atoms with van der Waals surface area (Å²) in [6.45, 7) is 11.0. The predicted molar refractivity (Wildman–Crippen MR) is 172 cm³/mol. The molecule has 2 aromatic carbocycles. The number of esters is 1. The predicted octanol–water partition coefficient (Wildman–Crippen LogP) is 4.41. The second kappa shape index (κ2) is 14.2. The Kier molecular flexibility index (Phi) is 11.2. The molecule has 0 spiro atoms. The SMILES string of the molecule is Br.CCOC(=O)CCC(=O)N1CCOc2c1cc(C(=O)CN1Cc3cc(OCC)c(C(=O)NC)cc3C1=N)cc2C(C)(C)C. The quantitative estimate of drug-likeness (QED) is 0.280. The van der Waals surface area contributed by atoms with Crippen LogP contribution in [0.15, 0.2) is 24.3 Å². The highest BCUT2D eigenvalue weighted by atomic mass is 79.9. The molecular formula is C32H41BrN4O7. The number of halogens is 1. The number of nitrogens with one attached hydrogen (secondary N) is 2. The third-order valence-corrected chi connectivity index (χ3v) is 7.44. The minimum absolute atomic E-state index is 0. The number of fused-ring (bicyclic) bond motifs is 2. The number of amidine groups is 1. The first-order chi connectivity index (χ1) is 20.4. The van der Waals surface area contributed by atoms with Crippen LogP contribution in [0.1, 0.15) is 84.9 Å². The molecule has 0 radical (unpaired) electrons. The van der Waals surface area contributed by atoms with Gasteiger partial charge in [0.05, 0.1) is 44.0 Å². The summed E-state index contributed by atoms with van der Waals surface area (Å²) in [4.78, 5) is 54.6. The first kappa shape index (κ1) is 34.6. The summed E-state index contributed by atoms with van der Waals surface area (Å²) >= 11 is 0. The van der Waals surface area contributed by atoms with Crippen LogP contribution >= 0.6 is 17.0 Å². The average Bonchev–Trinajstić information content (AvgIpc) is 3.27. The van der Waals surface area contributed by atoms with E-state index in [1.54, 1.807) is 41.0 Å². The van der Waals surface area contributed by atoms with Gasteiger partial charge in [-0.05, 0) is 49.1 Å². The lowest BCUT2D eigenvalue weighted by atomic mass is 9.84. The van der Waals surface area contributed by atoms with E-state index in [0.29, 0.717) is 53.6 Å². The van der Waals surface area contributed by atoms with Crippen molar-refractivity contribution < 1.29 is 33.4 Å². The highest BCUT2D eigenvalue weighted by molar-refractivity contribution is 8.93. The summed E-state index contributed by atoms with van der Waals surface area (Å²) in [6.07, 6.45) is -0.0549. The molecule has 0 unspecified atom stereocenters. The van der Waals surface area contributed by atoms with Gasteiger partial charge < -0.3 is 29.3 Å². The Bertz CT molecular complexity index is 1470. The lowest BCUT2D eigenvalue weighted by Crippen LogP contribution is -2.39. The number of hydrogen-bond acceptors (Lipinski definition) is 8. The standard InChI is InChI=1S/C32H40N4O7.BrH/c1-7-41-26-15-20-17-35(30(33)21(20)16-22(26)31(40)34-6)18-25(37)19-13-23(32(3,4)5)29-24(14-19)36(11-12-43-29)27(38)9-10-28(39)42-8-2;/h13-16,33H,7-12,17-18H2,1-6H3,(H,34,40);1H. The molecule has 2 aliphatic rings. The van der Waals surface area contributed by atoms with E-state index in [4.69, 9.17) is 19.6 Å². The number of Topliss-reactive ketones (excluding diaryl/α,β-unsaturated/α-hetero) is 1. The molecule has 0 bridgehead atoms. The average molecular weight is 674 g/mol. The zero-order chi connectivity index (χ0) is 31.5. The third kappa shape index (κ3) is 7.23. The van der Waals surface area contributed by atoms with E-state index in [1.807, 2.05) is 27.7 Å². The number of benzene rings is 2. The van der Waals surface area contributed by atoms with Crippen LogP contribution in [0.5, 0.6) is 11.5 Å². The molecule has 44 heavy (non-hydrogen) atoms. The smallest absolute Gasteiger partial charge is 0.306 e. The Balaban J connectivity index is 0.00000529. The molecular weight excluding hydrogens is 632 g/mol. The van der Waals surface area contributed by atoms with Gasteiger partial charge >= 0.3 is 5.97 Å². The number of ether oxygens (including phenoxy) is 3. The molecule has 2 amide bonds. The van der Waals surface area contributed by atoms with Crippen LogP contribution < -0.4 is 19.7 Å². The Morgan fingerprint density at radius 2 is 1.77 bits per heavy atom. The van der Waals surface area contributed by atoms with Gasteiger partial charge in [0.2, 0.25) is 5.91 Å². The number of carbonyl (C=O) groups is 4. The minimum Gasteiger partial charge on any atom is -0.493 e. The van der Waals surface area contributed by atoms with E-state index in [0.717, 1.165) is 11.1 Å². The van der Waals surface area contributed by atoms with Crippen molar-refractivity contribution in [3.8, 4) is 11.5 Å². The number of rotatable bonds is 10. The summed E-state index contributed by atoms with van der Waals surface area (Å²) in [5.41, 5.74) is 2.96. The van der Waals surface area contributed by atoms with E-state index in [9.17, 15) is 19.2 Å². The van der Waals surface area contributed by atoms with Gasteiger partial charge in [0.1, 0.15) is 23.9 Å². The molecule has 4 rings (SSSR count). The van der Waals surface area contributed by atoms with Gasteiger partial charge in [0, 0.05) is 36.7 Å². The zero-order valence-corrected chi connectivity index (χ0v) is 27.8. The summed E-state index contributed by atoms with van der Waals surface area (Å²) in [5.74, 6) is -0.119. The van der Waals surface area contributed by atoms with Gasteiger partial charge in [-0.2, -0.15) is 0 Å². The Morgan fingerprint density at radius 1 is 1.05 bits per heavy atom. The van der Waals surface area contributed by atoms with Gasteiger partial charge in [-0.25, -0.2) is 0 Å². The molecule has 0 aromatic heterocycles. The van der Waals surface area contributed by atoms with E-state index in [-0.39, 0.29) is 73.0 Å². The normalized spacial score (nSPS) is 13.7. The summed E-state index contributed by atoms with van der Waals surface area (Å²) in [5, 5.41) is 11.4. The third-order valence-electron chi connectivity index (χ3n) is 7.44. The number of carbonyl (C=O) groups excluding carboxylic acids is 4. The molecule has 2 aliphatic heterocycles. The minimum atomic E-state index is -0.437. The molecule has 2 aromatic rings. The van der Waals surface area contributed by atoms with Crippen LogP contribution in [0.2, 0.25) is 0 Å². The zero-order valence-electron chi connectivity index (χ0n) is 26.1. The summed E-state index contributed by atoms with van der Waals surface area (Å²) in [6, 6.07) is 6.87. The fourth-order valence-corrected chi connectivity index (χ4v) is 5.29. The Hall–Kier alpha value is -3.93. The summed E-state index contributed by atoms with van der Waals surface area (Å²) < 4.78 is 16.7. The Morgan fingerprint density at radius 3 is 2.41 bits per heavy atom. The number of nitrogens with zero attached hydrogens (tertiary/aromatic N) is 2. The van der Waals surface area contributed by atoms with E-state index < -0.39 is 11.4 Å². The van der Waals surface area contributed by atoms with Crippen LogP contribution in [0, 0.1) is 5.41 Å². The van der Waals surface area contributed by atoms with E-state index >= 15 is 0 Å². The molecule has 238 valence electrons. The van der Waals surface area contributed by atoms with Crippen LogP contribution in [0.25, 0.3) is 0 Å². The van der Waals surface area contributed by atoms with Crippen molar-refractivity contribution >= 4 is 52.1 Å². The van der Waals surface area contributed by atoms with E-state index in [2.05, 4.69) is 5.32 Å². The maximum atomic E-state index is 13.8. The van der Waals surface area contributed by atoms with Crippen LogP contribution in [0.3, 0.4) is 0 Å². The van der Waals surface area contributed by atoms with Gasteiger partial charge in [0.25, 0.3) is 5.91 Å². The van der Waals surface area contributed by atoms with Crippen molar-refractivity contribution in [1.82, 2.24) is 10.2 Å². The van der Waals surface area contributed by atoms with Crippen molar-refractivity contribution in [3.63, 3.8) is 0 Å². The highest BCUT2D eigenvalue weighted by Gasteiger charge is 2.33. The maximum absolute atomic E-state index is 13.8. The second-order valence-electron chi connectivity index (χ2n) is 11.5. The highest BCUT2D eigenvalue weighted by Crippen LogP contribution is 2.42. The molecule has 12 heteroatoms. The number of amides is 2. The van der Waals surface area contributed by atoms with Crippen molar-refractivity contribution in [2.75, 3.05) is 44.9 Å². The van der Waals surface area contributed by atoms with Gasteiger partial charge in [-0.3, -0.25) is 24.6 Å². The maximum Gasteiger partial charge on any atom is 0.306 e. The van der Waals surface area contributed by atoms with Crippen LogP contribution in [-0.4, -0.2) is 74.3 Å². The number of anilines is 1. The van der Waals surface area contributed by atoms with Crippen LogP contribution in [-0.2, 0) is 26.3 Å². The fraction of sp³-hybridized carbons (Fsp3) is 0.469.